The molecule has 1 aromatic rings. The Kier molecular flexibility index (Phi) is 6.93. The van der Waals surface area contributed by atoms with Crippen molar-refractivity contribution in [1.82, 2.24) is 10.2 Å². The minimum Gasteiger partial charge on any atom is -0.342 e. The molecule has 0 saturated carbocycles. The Balaban J connectivity index is 0.00000192. The molecule has 3 rings (SSSR count). The van der Waals surface area contributed by atoms with Gasteiger partial charge in [-0.05, 0) is 43.9 Å². The van der Waals surface area contributed by atoms with Crippen molar-refractivity contribution < 1.29 is 4.79 Å². The van der Waals surface area contributed by atoms with E-state index in [0.717, 1.165) is 17.7 Å². The van der Waals surface area contributed by atoms with E-state index in [1.165, 1.54) is 24.6 Å². The number of benzene rings is 1. The van der Waals surface area contributed by atoms with Gasteiger partial charge < -0.3 is 10.2 Å². The summed E-state index contributed by atoms with van der Waals surface area (Å²) in [6, 6.07) is 6.88. The van der Waals surface area contributed by atoms with E-state index in [0.29, 0.717) is 33.9 Å². The lowest BCUT2D eigenvalue weighted by Crippen LogP contribution is -2.49. The Bertz CT molecular complexity index is 560. The topological polar surface area (TPSA) is 32.3 Å². The van der Waals surface area contributed by atoms with Gasteiger partial charge in [-0.1, -0.05) is 23.2 Å². The van der Waals surface area contributed by atoms with Gasteiger partial charge in [-0.25, -0.2) is 0 Å². The molecule has 2 saturated heterocycles. The predicted molar refractivity (Wildman–Crippen MR) is 100 cm³/mol. The number of hydrogen-bond donors (Lipinski definition) is 1. The third-order valence-corrected chi connectivity index (χ3v) is 6.35. The third-order valence-electron chi connectivity index (χ3n) is 4.63. The molecule has 23 heavy (non-hydrogen) atoms. The number of carbonyl (C=O) groups excluding carboxylic acids is 1. The SMILES string of the molecule is CN(C(=O)CSc1cc(Cl)ccc1Cl)C1CC2CCC(C1)N2.Cl. The highest BCUT2D eigenvalue weighted by Gasteiger charge is 2.36. The Hall–Kier alpha value is -0.130. The lowest BCUT2D eigenvalue weighted by atomic mass is 9.98. The molecule has 2 heterocycles. The van der Waals surface area contributed by atoms with Crippen molar-refractivity contribution in [1.29, 1.82) is 0 Å². The van der Waals surface area contributed by atoms with Crippen LogP contribution in [0.2, 0.25) is 10.0 Å². The largest absolute Gasteiger partial charge is 0.342 e. The number of nitrogens with zero attached hydrogens (tertiary/aromatic N) is 1. The minimum atomic E-state index is 0. The number of carbonyl (C=O) groups is 1. The molecular formula is C16H21Cl3N2OS. The van der Waals surface area contributed by atoms with Gasteiger partial charge in [0.2, 0.25) is 5.91 Å². The molecule has 1 aromatic carbocycles. The van der Waals surface area contributed by atoms with Crippen molar-refractivity contribution in [2.45, 2.75) is 48.7 Å². The van der Waals surface area contributed by atoms with Crippen LogP contribution in [0.5, 0.6) is 0 Å². The van der Waals surface area contributed by atoms with Crippen molar-refractivity contribution in [3.8, 4) is 0 Å². The van der Waals surface area contributed by atoms with E-state index in [1.807, 2.05) is 18.0 Å². The summed E-state index contributed by atoms with van der Waals surface area (Å²) in [6.45, 7) is 0. The first-order chi connectivity index (χ1) is 10.5. The van der Waals surface area contributed by atoms with Crippen LogP contribution in [-0.4, -0.2) is 41.7 Å². The first kappa shape index (κ1) is 19.2. The molecule has 128 valence electrons. The number of amides is 1. The summed E-state index contributed by atoms with van der Waals surface area (Å²) in [5.41, 5.74) is 0. The first-order valence-corrected chi connectivity index (χ1v) is 9.36. The number of rotatable bonds is 4. The maximum atomic E-state index is 12.5. The van der Waals surface area contributed by atoms with Gasteiger partial charge in [-0.15, -0.1) is 24.2 Å². The summed E-state index contributed by atoms with van der Waals surface area (Å²) in [5.74, 6) is 0.558. The molecule has 7 heteroatoms. The van der Waals surface area contributed by atoms with Crippen LogP contribution in [0, 0.1) is 0 Å². The molecule has 2 fully saturated rings. The smallest absolute Gasteiger partial charge is 0.232 e. The maximum absolute atomic E-state index is 12.5. The fourth-order valence-corrected chi connectivity index (χ4v) is 4.79. The molecule has 2 unspecified atom stereocenters. The molecule has 0 radical (unpaired) electrons. The van der Waals surface area contributed by atoms with Gasteiger partial charge in [0.1, 0.15) is 0 Å². The molecule has 3 nitrogen and oxygen atoms in total. The third kappa shape index (κ3) is 4.70. The van der Waals surface area contributed by atoms with E-state index in [4.69, 9.17) is 23.2 Å². The van der Waals surface area contributed by atoms with Crippen molar-refractivity contribution in [2.75, 3.05) is 12.8 Å². The van der Waals surface area contributed by atoms with Crippen LogP contribution in [0.3, 0.4) is 0 Å². The average molecular weight is 396 g/mol. The Morgan fingerprint density at radius 2 is 1.96 bits per heavy atom. The number of thioether (sulfide) groups is 1. The van der Waals surface area contributed by atoms with Gasteiger partial charge in [0.05, 0.1) is 10.8 Å². The summed E-state index contributed by atoms with van der Waals surface area (Å²) in [7, 11) is 1.93. The normalized spacial score (nSPS) is 25.8. The predicted octanol–water partition coefficient (Wildman–Crippen LogP) is 4.25. The number of fused-ring (bicyclic) bond motifs is 2. The second-order valence-corrected chi connectivity index (χ2v) is 7.99. The van der Waals surface area contributed by atoms with E-state index in [-0.39, 0.29) is 18.3 Å². The summed E-state index contributed by atoms with van der Waals surface area (Å²) in [4.78, 5) is 15.2. The monoisotopic (exact) mass is 394 g/mol. The maximum Gasteiger partial charge on any atom is 0.232 e. The van der Waals surface area contributed by atoms with Crippen LogP contribution in [0.15, 0.2) is 23.1 Å². The number of piperidine rings is 1. The zero-order chi connectivity index (χ0) is 15.7. The van der Waals surface area contributed by atoms with Crippen LogP contribution in [0.4, 0.5) is 0 Å². The summed E-state index contributed by atoms with van der Waals surface area (Å²) in [6.07, 6.45) is 4.63. The average Bonchev–Trinajstić information content (AvgIpc) is 2.85. The van der Waals surface area contributed by atoms with E-state index >= 15 is 0 Å². The molecule has 1 N–H and O–H groups in total. The van der Waals surface area contributed by atoms with Crippen LogP contribution >= 0.6 is 47.4 Å². The van der Waals surface area contributed by atoms with Crippen LogP contribution in [0.25, 0.3) is 0 Å². The van der Waals surface area contributed by atoms with E-state index < -0.39 is 0 Å². The fraction of sp³-hybridized carbons (Fsp3) is 0.562. The van der Waals surface area contributed by atoms with Crippen molar-refractivity contribution in [3.63, 3.8) is 0 Å². The van der Waals surface area contributed by atoms with Crippen LogP contribution in [-0.2, 0) is 4.79 Å². The molecular weight excluding hydrogens is 375 g/mol. The fourth-order valence-electron chi connectivity index (χ4n) is 3.38. The Labute approximate surface area is 157 Å². The molecule has 2 atom stereocenters. The lowest BCUT2D eigenvalue weighted by molar-refractivity contribution is -0.129. The van der Waals surface area contributed by atoms with Gasteiger partial charge in [0, 0.05) is 35.1 Å². The Morgan fingerprint density at radius 3 is 2.61 bits per heavy atom. The van der Waals surface area contributed by atoms with Crippen molar-refractivity contribution >= 4 is 53.3 Å². The second-order valence-electron chi connectivity index (χ2n) is 6.13. The van der Waals surface area contributed by atoms with Gasteiger partial charge in [-0.2, -0.15) is 0 Å². The molecule has 2 bridgehead atoms. The molecule has 2 aliphatic rings. The quantitative estimate of drug-likeness (QED) is 0.774. The molecule has 2 aliphatic heterocycles. The van der Waals surface area contributed by atoms with Gasteiger partial charge in [0.25, 0.3) is 0 Å². The number of hydrogen-bond acceptors (Lipinski definition) is 3. The molecule has 0 aromatic heterocycles. The van der Waals surface area contributed by atoms with E-state index in [9.17, 15) is 4.79 Å². The van der Waals surface area contributed by atoms with Gasteiger partial charge >= 0.3 is 0 Å². The Morgan fingerprint density at radius 1 is 1.30 bits per heavy atom. The zero-order valence-electron chi connectivity index (χ0n) is 12.9. The lowest BCUT2D eigenvalue weighted by Gasteiger charge is -2.35. The highest BCUT2D eigenvalue weighted by molar-refractivity contribution is 8.00. The highest BCUT2D eigenvalue weighted by Crippen LogP contribution is 2.32. The van der Waals surface area contributed by atoms with Crippen LogP contribution in [0.1, 0.15) is 25.7 Å². The first-order valence-electron chi connectivity index (χ1n) is 7.62. The highest BCUT2D eigenvalue weighted by atomic mass is 35.5. The standard InChI is InChI=1S/C16H20Cl2N2OS.ClH/c1-20(13-7-11-3-4-12(8-13)19-11)16(21)9-22-15-6-10(17)2-5-14(15)18;/h2,5-6,11-13,19H,3-4,7-9H2,1H3;1H. The number of halogens is 3. The molecule has 1 amide bonds. The van der Waals surface area contributed by atoms with Crippen LogP contribution < -0.4 is 5.32 Å². The van der Waals surface area contributed by atoms with Gasteiger partial charge in [0.15, 0.2) is 0 Å². The zero-order valence-corrected chi connectivity index (χ0v) is 16.1. The van der Waals surface area contributed by atoms with Crippen molar-refractivity contribution in [3.05, 3.63) is 28.2 Å². The van der Waals surface area contributed by atoms with E-state index in [1.54, 1.807) is 12.1 Å². The minimum absolute atomic E-state index is 0. The second kappa shape index (κ2) is 8.30. The van der Waals surface area contributed by atoms with E-state index in [2.05, 4.69) is 5.32 Å². The number of nitrogens with one attached hydrogen (secondary N) is 1. The summed E-state index contributed by atoms with van der Waals surface area (Å²) in [5, 5.41) is 4.89. The van der Waals surface area contributed by atoms with Crippen molar-refractivity contribution in [2.24, 2.45) is 0 Å². The summed E-state index contributed by atoms with van der Waals surface area (Å²) >= 11 is 13.6. The molecule has 0 spiro atoms. The summed E-state index contributed by atoms with van der Waals surface area (Å²) < 4.78 is 0. The molecule has 0 aliphatic carbocycles. The van der Waals surface area contributed by atoms with Gasteiger partial charge in [-0.3, -0.25) is 4.79 Å².